The average Bonchev–Trinajstić information content (AvgIpc) is 2.00. The van der Waals surface area contributed by atoms with Crippen LogP contribution < -0.4 is 0 Å². The normalized spacial score (nSPS) is 11.9. The van der Waals surface area contributed by atoms with Crippen molar-refractivity contribution in [1.29, 1.82) is 0 Å². The maximum Gasteiger partial charge on any atom is 0.326 e. The van der Waals surface area contributed by atoms with E-state index in [0.717, 1.165) is 4.90 Å². The summed E-state index contributed by atoms with van der Waals surface area (Å²) in [5.74, 6) is -1.36. The van der Waals surface area contributed by atoms with Gasteiger partial charge in [0.15, 0.2) is 0 Å². The number of carboxylic acid groups (broad SMARTS) is 1. The Morgan fingerprint density at radius 1 is 1.50 bits per heavy atom. The number of carbonyl (C=O) groups is 2. The summed E-state index contributed by atoms with van der Waals surface area (Å²) in [6.45, 7) is 6.43. The lowest BCUT2D eigenvalue weighted by molar-refractivity contribution is -0.146. The molecule has 4 heteroatoms. The molecule has 0 aliphatic carbocycles. The van der Waals surface area contributed by atoms with Crippen LogP contribution in [0, 0.1) is 0 Å². The molecule has 0 fully saturated rings. The summed E-state index contributed by atoms with van der Waals surface area (Å²) >= 11 is 0. The van der Waals surface area contributed by atoms with Crippen molar-refractivity contribution in [2.45, 2.75) is 19.9 Å². The highest BCUT2D eigenvalue weighted by Gasteiger charge is 2.21. The standard InChI is InChI=1S/C8H13NO3/c1-5(2)7(10)9(4)6(3)8(11)12/h6H,1H2,2-4H3,(H,11,12)/t6-/m0/s1. The zero-order chi connectivity index (χ0) is 9.89. The molecule has 0 heterocycles. The number of carbonyl (C=O) groups excluding carboxylic acids is 1. The largest absolute Gasteiger partial charge is 0.480 e. The van der Waals surface area contributed by atoms with Gasteiger partial charge in [0.05, 0.1) is 0 Å². The lowest BCUT2D eigenvalue weighted by atomic mass is 10.2. The third kappa shape index (κ3) is 2.38. The van der Waals surface area contributed by atoms with E-state index in [0.29, 0.717) is 5.57 Å². The predicted octanol–water partition coefficient (Wildman–Crippen LogP) is 0.494. The van der Waals surface area contributed by atoms with Crippen molar-refractivity contribution >= 4 is 11.9 Å². The number of carboxylic acids is 1. The highest BCUT2D eigenvalue weighted by Crippen LogP contribution is 2.01. The molecule has 0 rings (SSSR count). The van der Waals surface area contributed by atoms with Gasteiger partial charge in [0.2, 0.25) is 5.91 Å². The van der Waals surface area contributed by atoms with Crippen molar-refractivity contribution < 1.29 is 14.7 Å². The topological polar surface area (TPSA) is 57.6 Å². The van der Waals surface area contributed by atoms with E-state index in [1.54, 1.807) is 6.92 Å². The molecular formula is C8H13NO3. The Kier molecular flexibility index (Phi) is 3.47. The summed E-state index contributed by atoms with van der Waals surface area (Å²) in [7, 11) is 1.44. The molecule has 1 atom stereocenters. The van der Waals surface area contributed by atoms with Gasteiger partial charge in [-0.15, -0.1) is 0 Å². The SMILES string of the molecule is C=C(C)C(=O)N(C)[C@@H](C)C(=O)O. The summed E-state index contributed by atoms with van der Waals surface area (Å²) in [6, 6.07) is -0.811. The molecule has 0 aromatic heterocycles. The molecule has 0 aliphatic heterocycles. The molecule has 0 aromatic rings. The fraction of sp³-hybridized carbons (Fsp3) is 0.500. The molecule has 0 saturated heterocycles. The maximum absolute atomic E-state index is 11.2. The van der Waals surface area contributed by atoms with Crippen LogP contribution in [-0.4, -0.2) is 35.0 Å². The fourth-order valence-corrected chi connectivity index (χ4v) is 0.643. The predicted molar refractivity (Wildman–Crippen MR) is 44.7 cm³/mol. The van der Waals surface area contributed by atoms with Gasteiger partial charge in [0.25, 0.3) is 0 Å². The van der Waals surface area contributed by atoms with Crippen LogP contribution in [0.1, 0.15) is 13.8 Å². The summed E-state index contributed by atoms with van der Waals surface area (Å²) < 4.78 is 0. The first kappa shape index (κ1) is 10.7. The van der Waals surface area contributed by atoms with Gasteiger partial charge in [0, 0.05) is 12.6 Å². The van der Waals surface area contributed by atoms with E-state index in [1.165, 1.54) is 14.0 Å². The molecule has 0 aliphatic rings. The zero-order valence-corrected chi connectivity index (χ0v) is 7.50. The van der Waals surface area contributed by atoms with Crippen LogP contribution in [-0.2, 0) is 9.59 Å². The van der Waals surface area contributed by atoms with Crippen LogP contribution in [0.15, 0.2) is 12.2 Å². The summed E-state index contributed by atoms with van der Waals surface area (Å²) in [4.78, 5) is 22.7. The monoisotopic (exact) mass is 171 g/mol. The molecule has 68 valence electrons. The van der Waals surface area contributed by atoms with Crippen molar-refractivity contribution in [3.8, 4) is 0 Å². The molecule has 0 radical (unpaired) electrons. The van der Waals surface area contributed by atoms with Gasteiger partial charge in [-0.1, -0.05) is 6.58 Å². The van der Waals surface area contributed by atoms with E-state index < -0.39 is 12.0 Å². The minimum absolute atomic E-state index is 0.339. The minimum Gasteiger partial charge on any atom is -0.480 e. The lowest BCUT2D eigenvalue weighted by Crippen LogP contribution is -2.40. The molecule has 0 unspecified atom stereocenters. The van der Waals surface area contributed by atoms with Crippen LogP contribution >= 0.6 is 0 Å². The molecule has 0 spiro atoms. The Hall–Kier alpha value is -1.32. The number of likely N-dealkylation sites (N-methyl/N-ethyl adjacent to an activating group) is 1. The van der Waals surface area contributed by atoms with E-state index in [1.807, 2.05) is 0 Å². The first-order valence-corrected chi connectivity index (χ1v) is 3.53. The molecule has 0 saturated carbocycles. The lowest BCUT2D eigenvalue weighted by Gasteiger charge is -2.21. The average molecular weight is 171 g/mol. The molecule has 4 nitrogen and oxygen atoms in total. The van der Waals surface area contributed by atoms with Gasteiger partial charge < -0.3 is 10.0 Å². The number of rotatable bonds is 3. The maximum atomic E-state index is 11.2. The third-order valence-corrected chi connectivity index (χ3v) is 1.62. The second-order valence-corrected chi connectivity index (χ2v) is 2.71. The molecule has 1 amide bonds. The number of aliphatic carboxylic acids is 1. The number of amides is 1. The fourth-order valence-electron chi connectivity index (χ4n) is 0.643. The van der Waals surface area contributed by atoms with E-state index in [4.69, 9.17) is 5.11 Å². The third-order valence-electron chi connectivity index (χ3n) is 1.62. The van der Waals surface area contributed by atoms with Gasteiger partial charge in [-0.25, -0.2) is 4.79 Å². The van der Waals surface area contributed by atoms with Crippen molar-refractivity contribution in [2.24, 2.45) is 0 Å². The van der Waals surface area contributed by atoms with E-state index in [2.05, 4.69) is 6.58 Å². The highest BCUT2D eigenvalue weighted by atomic mass is 16.4. The molecular weight excluding hydrogens is 158 g/mol. The van der Waals surface area contributed by atoms with Crippen LogP contribution in [0.4, 0.5) is 0 Å². The van der Waals surface area contributed by atoms with E-state index in [-0.39, 0.29) is 5.91 Å². The summed E-state index contributed by atoms with van der Waals surface area (Å²) in [5.41, 5.74) is 0.339. The van der Waals surface area contributed by atoms with Gasteiger partial charge in [-0.2, -0.15) is 0 Å². The summed E-state index contributed by atoms with van der Waals surface area (Å²) in [5, 5.41) is 8.56. The number of hydrogen-bond donors (Lipinski definition) is 1. The van der Waals surface area contributed by atoms with E-state index in [9.17, 15) is 9.59 Å². The highest BCUT2D eigenvalue weighted by molar-refractivity contribution is 5.94. The van der Waals surface area contributed by atoms with Crippen molar-refractivity contribution in [2.75, 3.05) is 7.05 Å². The summed E-state index contributed by atoms with van der Waals surface area (Å²) in [6.07, 6.45) is 0. The van der Waals surface area contributed by atoms with Gasteiger partial charge in [0.1, 0.15) is 6.04 Å². The second kappa shape index (κ2) is 3.90. The Morgan fingerprint density at radius 2 is 1.92 bits per heavy atom. The zero-order valence-electron chi connectivity index (χ0n) is 7.50. The molecule has 0 bridgehead atoms. The minimum atomic E-state index is -1.02. The molecule has 12 heavy (non-hydrogen) atoms. The van der Waals surface area contributed by atoms with Crippen molar-refractivity contribution in [3.05, 3.63) is 12.2 Å². The van der Waals surface area contributed by atoms with Crippen molar-refractivity contribution in [1.82, 2.24) is 4.90 Å². The van der Waals surface area contributed by atoms with Crippen molar-refractivity contribution in [3.63, 3.8) is 0 Å². The van der Waals surface area contributed by atoms with Gasteiger partial charge in [-0.3, -0.25) is 4.79 Å². The van der Waals surface area contributed by atoms with Gasteiger partial charge in [-0.05, 0) is 13.8 Å². The Labute approximate surface area is 71.5 Å². The Morgan fingerprint density at radius 3 is 2.17 bits per heavy atom. The molecule has 0 aromatic carbocycles. The van der Waals surface area contributed by atoms with Crippen LogP contribution in [0.2, 0.25) is 0 Å². The Balaban J connectivity index is 4.39. The van der Waals surface area contributed by atoms with Crippen LogP contribution in [0.3, 0.4) is 0 Å². The van der Waals surface area contributed by atoms with Crippen LogP contribution in [0.25, 0.3) is 0 Å². The first-order valence-electron chi connectivity index (χ1n) is 3.53. The smallest absolute Gasteiger partial charge is 0.326 e. The molecule has 1 N–H and O–H groups in total. The van der Waals surface area contributed by atoms with E-state index >= 15 is 0 Å². The second-order valence-electron chi connectivity index (χ2n) is 2.71. The Bertz CT molecular complexity index is 222. The number of nitrogens with zero attached hydrogens (tertiary/aromatic N) is 1. The first-order chi connectivity index (χ1) is 5.37. The van der Waals surface area contributed by atoms with Gasteiger partial charge >= 0.3 is 5.97 Å². The number of hydrogen-bond acceptors (Lipinski definition) is 2. The van der Waals surface area contributed by atoms with Crippen LogP contribution in [0.5, 0.6) is 0 Å². The quantitative estimate of drug-likeness (QED) is 0.629.